The molecular weight excluding hydrogens is 426 g/mol. The lowest BCUT2D eigenvalue weighted by Crippen LogP contribution is -2.07. The van der Waals surface area contributed by atoms with Crippen molar-refractivity contribution in [2.45, 2.75) is 6.54 Å². The van der Waals surface area contributed by atoms with Crippen LogP contribution in [0.3, 0.4) is 0 Å². The minimum atomic E-state index is 0.661. The first-order valence-corrected chi connectivity index (χ1v) is 9.62. The molecule has 0 saturated heterocycles. The van der Waals surface area contributed by atoms with Crippen LogP contribution in [0.4, 0.5) is 11.5 Å². The van der Waals surface area contributed by atoms with E-state index in [0.717, 1.165) is 38.4 Å². The summed E-state index contributed by atoms with van der Waals surface area (Å²) < 4.78 is 2.61. The first-order chi connectivity index (χ1) is 13.2. The van der Waals surface area contributed by atoms with Gasteiger partial charge in [0.1, 0.15) is 5.82 Å². The molecule has 0 aliphatic rings. The average molecular weight is 443 g/mol. The van der Waals surface area contributed by atoms with E-state index in [1.165, 1.54) is 0 Å². The number of benzene rings is 2. The standard InChI is InChI=1S/C20H17BrClN5/c1-23-14-6-4-5-13(9-14)11-24-19-10-18(15-7-2-3-8-17(15)22)26-20-16(21)12-25-27(19)20/h2-10,12,23-24H,11H2,1H3. The Morgan fingerprint density at radius 1 is 1.11 bits per heavy atom. The maximum atomic E-state index is 6.38. The molecule has 2 heterocycles. The van der Waals surface area contributed by atoms with Gasteiger partial charge in [-0.3, -0.25) is 0 Å². The fraction of sp³-hybridized carbons (Fsp3) is 0.100. The molecular formula is C20H17BrClN5. The molecule has 4 aromatic rings. The van der Waals surface area contributed by atoms with Crippen molar-refractivity contribution in [3.63, 3.8) is 0 Å². The Bertz CT molecular complexity index is 1110. The van der Waals surface area contributed by atoms with Crippen molar-refractivity contribution in [1.82, 2.24) is 14.6 Å². The van der Waals surface area contributed by atoms with Crippen molar-refractivity contribution in [3.05, 3.63) is 75.9 Å². The number of anilines is 2. The van der Waals surface area contributed by atoms with Gasteiger partial charge in [-0.05, 0) is 39.7 Å². The van der Waals surface area contributed by atoms with E-state index in [4.69, 9.17) is 16.6 Å². The summed E-state index contributed by atoms with van der Waals surface area (Å²) in [6.07, 6.45) is 1.74. The molecule has 0 aliphatic heterocycles. The number of fused-ring (bicyclic) bond motifs is 1. The molecule has 0 bridgehead atoms. The first kappa shape index (κ1) is 17.8. The van der Waals surface area contributed by atoms with E-state index in [1.807, 2.05) is 49.5 Å². The van der Waals surface area contributed by atoms with E-state index in [1.54, 1.807) is 10.7 Å². The molecule has 2 N–H and O–H groups in total. The Labute approximate surface area is 170 Å². The molecule has 27 heavy (non-hydrogen) atoms. The van der Waals surface area contributed by atoms with E-state index in [2.05, 4.69) is 43.8 Å². The number of nitrogens with one attached hydrogen (secondary N) is 2. The summed E-state index contributed by atoms with van der Waals surface area (Å²) in [5.74, 6) is 0.843. The monoisotopic (exact) mass is 441 g/mol. The Hall–Kier alpha value is -2.57. The molecule has 4 rings (SSSR count). The smallest absolute Gasteiger partial charge is 0.172 e. The van der Waals surface area contributed by atoms with Gasteiger partial charge in [0, 0.05) is 35.9 Å². The third-order valence-electron chi connectivity index (χ3n) is 4.27. The summed E-state index contributed by atoms with van der Waals surface area (Å²) in [5, 5.41) is 11.7. The highest BCUT2D eigenvalue weighted by Crippen LogP contribution is 2.30. The molecule has 2 aromatic heterocycles. The van der Waals surface area contributed by atoms with Crippen molar-refractivity contribution < 1.29 is 0 Å². The molecule has 0 radical (unpaired) electrons. The van der Waals surface area contributed by atoms with E-state index in [-0.39, 0.29) is 0 Å². The van der Waals surface area contributed by atoms with Crippen LogP contribution < -0.4 is 10.6 Å². The van der Waals surface area contributed by atoms with Crippen molar-refractivity contribution in [3.8, 4) is 11.3 Å². The van der Waals surface area contributed by atoms with Crippen LogP contribution in [-0.2, 0) is 6.54 Å². The second-order valence-electron chi connectivity index (χ2n) is 6.04. The minimum absolute atomic E-state index is 0.661. The fourth-order valence-electron chi connectivity index (χ4n) is 2.90. The molecule has 0 aliphatic carbocycles. The highest BCUT2D eigenvalue weighted by Gasteiger charge is 2.13. The van der Waals surface area contributed by atoms with E-state index >= 15 is 0 Å². The lowest BCUT2D eigenvalue weighted by Gasteiger charge is -2.12. The Morgan fingerprint density at radius 3 is 2.78 bits per heavy atom. The predicted octanol–water partition coefficient (Wildman–Crippen LogP) is 5.47. The molecule has 0 amide bonds. The quantitative estimate of drug-likeness (QED) is 0.430. The molecule has 0 saturated carbocycles. The average Bonchev–Trinajstić information content (AvgIpc) is 3.07. The topological polar surface area (TPSA) is 54.2 Å². The molecule has 0 atom stereocenters. The summed E-state index contributed by atoms with van der Waals surface area (Å²) in [7, 11) is 1.91. The molecule has 0 unspecified atom stereocenters. The van der Waals surface area contributed by atoms with Crippen molar-refractivity contribution in [2.75, 3.05) is 17.7 Å². The number of hydrogen-bond acceptors (Lipinski definition) is 4. The van der Waals surface area contributed by atoms with Crippen LogP contribution in [0, 0.1) is 0 Å². The zero-order chi connectivity index (χ0) is 18.8. The third kappa shape index (κ3) is 3.63. The third-order valence-corrected chi connectivity index (χ3v) is 5.16. The molecule has 2 aromatic carbocycles. The van der Waals surface area contributed by atoms with E-state index in [9.17, 15) is 0 Å². The van der Waals surface area contributed by atoms with Gasteiger partial charge in [-0.25, -0.2) is 4.98 Å². The molecule has 0 fully saturated rings. The summed E-state index contributed by atoms with van der Waals surface area (Å²) in [5.41, 5.74) is 4.65. The molecule has 0 spiro atoms. The SMILES string of the molecule is CNc1cccc(CNc2cc(-c3ccccc3Cl)nc3c(Br)cnn23)c1. The summed E-state index contributed by atoms with van der Waals surface area (Å²) in [4.78, 5) is 4.73. The van der Waals surface area contributed by atoms with Gasteiger partial charge < -0.3 is 10.6 Å². The minimum Gasteiger partial charge on any atom is -0.388 e. The number of nitrogens with zero attached hydrogens (tertiary/aromatic N) is 3. The predicted molar refractivity (Wildman–Crippen MR) is 114 cm³/mol. The van der Waals surface area contributed by atoms with Gasteiger partial charge in [0.2, 0.25) is 0 Å². The second kappa shape index (κ2) is 7.58. The van der Waals surface area contributed by atoms with E-state index < -0.39 is 0 Å². The van der Waals surface area contributed by atoms with Gasteiger partial charge >= 0.3 is 0 Å². The summed E-state index contributed by atoms with van der Waals surface area (Å²) in [6.45, 7) is 0.661. The van der Waals surface area contributed by atoms with Crippen LogP contribution in [0.15, 0.2) is 65.3 Å². The Morgan fingerprint density at radius 2 is 1.96 bits per heavy atom. The van der Waals surface area contributed by atoms with Gasteiger partial charge in [0.15, 0.2) is 5.65 Å². The molecule has 7 heteroatoms. The Kier molecular flexibility index (Phi) is 5.01. The van der Waals surface area contributed by atoms with Crippen molar-refractivity contribution in [1.29, 1.82) is 0 Å². The van der Waals surface area contributed by atoms with Crippen LogP contribution in [-0.4, -0.2) is 21.6 Å². The highest BCUT2D eigenvalue weighted by molar-refractivity contribution is 9.10. The maximum Gasteiger partial charge on any atom is 0.172 e. The van der Waals surface area contributed by atoms with Gasteiger partial charge in [-0.2, -0.15) is 9.61 Å². The second-order valence-corrected chi connectivity index (χ2v) is 7.30. The normalized spacial score (nSPS) is 10.9. The zero-order valence-electron chi connectivity index (χ0n) is 14.6. The van der Waals surface area contributed by atoms with Crippen LogP contribution in [0.1, 0.15) is 5.56 Å². The van der Waals surface area contributed by atoms with Crippen LogP contribution in [0.2, 0.25) is 5.02 Å². The van der Waals surface area contributed by atoms with Gasteiger partial charge in [0.25, 0.3) is 0 Å². The van der Waals surface area contributed by atoms with Gasteiger partial charge in [-0.1, -0.05) is 41.9 Å². The number of aromatic nitrogens is 3. The van der Waals surface area contributed by atoms with E-state index in [0.29, 0.717) is 11.6 Å². The van der Waals surface area contributed by atoms with Crippen molar-refractivity contribution in [2.24, 2.45) is 0 Å². The van der Waals surface area contributed by atoms with Crippen LogP contribution in [0.25, 0.3) is 16.9 Å². The number of halogens is 2. The van der Waals surface area contributed by atoms with Gasteiger partial charge in [-0.15, -0.1) is 0 Å². The lowest BCUT2D eigenvalue weighted by molar-refractivity contribution is 0.927. The molecule has 5 nitrogen and oxygen atoms in total. The van der Waals surface area contributed by atoms with Crippen molar-refractivity contribution >= 4 is 44.7 Å². The van der Waals surface area contributed by atoms with Gasteiger partial charge in [0.05, 0.1) is 16.4 Å². The van der Waals surface area contributed by atoms with Crippen LogP contribution >= 0.6 is 27.5 Å². The number of rotatable bonds is 5. The van der Waals surface area contributed by atoms with Crippen LogP contribution in [0.5, 0.6) is 0 Å². The largest absolute Gasteiger partial charge is 0.388 e. The lowest BCUT2D eigenvalue weighted by atomic mass is 10.1. The fourth-order valence-corrected chi connectivity index (χ4v) is 3.48. The zero-order valence-corrected chi connectivity index (χ0v) is 16.9. The first-order valence-electron chi connectivity index (χ1n) is 8.45. The summed E-state index contributed by atoms with van der Waals surface area (Å²) >= 11 is 9.91. The maximum absolute atomic E-state index is 6.38. The highest BCUT2D eigenvalue weighted by atomic mass is 79.9. The number of hydrogen-bond donors (Lipinski definition) is 2. The Balaban J connectivity index is 1.74. The molecule has 136 valence electrons. The summed E-state index contributed by atoms with van der Waals surface area (Å²) in [6, 6.07) is 17.9.